The third-order valence-corrected chi connectivity index (χ3v) is 7.44. The van der Waals surface area contributed by atoms with Gasteiger partial charge < -0.3 is 16.0 Å². The van der Waals surface area contributed by atoms with Gasteiger partial charge in [0.2, 0.25) is 5.91 Å². The van der Waals surface area contributed by atoms with Crippen LogP contribution in [-0.4, -0.2) is 88.2 Å². The molecule has 38 heavy (non-hydrogen) atoms. The Kier molecular flexibility index (Phi) is 8.24. The molecule has 1 fully saturated rings. The highest BCUT2D eigenvalue weighted by molar-refractivity contribution is 5.96. The number of pyridine rings is 1. The van der Waals surface area contributed by atoms with Crippen LogP contribution >= 0.6 is 0 Å². The largest absolute Gasteiger partial charge is 0.370 e. The summed E-state index contributed by atoms with van der Waals surface area (Å²) in [5, 5.41) is 15.2. The van der Waals surface area contributed by atoms with Crippen LogP contribution < -0.4 is 10.6 Å². The Morgan fingerprint density at radius 2 is 1.92 bits per heavy atom. The summed E-state index contributed by atoms with van der Waals surface area (Å²) in [4.78, 5) is 30.9. The minimum absolute atomic E-state index is 0.0882. The maximum absolute atomic E-state index is 12.6. The van der Waals surface area contributed by atoms with E-state index >= 15 is 0 Å². The molecule has 8 bridgehead atoms. The molecule has 0 saturated carbocycles. The van der Waals surface area contributed by atoms with E-state index in [-0.39, 0.29) is 5.91 Å². The van der Waals surface area contributed by atoms with Gasteiger partial charge in [0.1, 0.15) is 5.82 Å². The number of anilines is 1. The fourth-order valence-corrected chi connectivity index (χ4v) is 5.53. The fourth-order valence-electron chi connectivity index (χ4n) is 5.53. The van der Waals surface area contributed by atoms with Gasteiger partial charge in [0.15, 0.2) is 5.82 Å². The van der Waals surface area contributed by atoms with Crippen LogP contribution in [0.2, 0.25) is 0 Å². The zero-order chi connectivity index (χ0) is 26.5. The third kappa shape index (κ3) is 6.71. The van der Waals surface area contributed by atoms with Crippen LogP contribution in [0.25, 0.3) is 11.3 Å². The number of carbonyl (C=O) groups excluding carboxylic acids is 1. The van der Waals surface area contributed by atoms with Crippen LogP contribution in [-0.2, 0) is 4.79 Å². The van der Waals surface area contributed by atoms with Crippen LogP contribution in [0, 0.1) is 11.3 Å². The van der Waals surface area contributed by atoms with E-state index in [2.05, 4.69) is 56.4 Å². The van der Waals surface area contributed by atoms with Gasteiger partial charge >= 0.3 is 0 Å². The first-order chi connectivity index (χ1) is 18.4. The van der Waals surface area contributed by atoms with Gasteiger partial charge in [-0.25, -0.2) is 15.0 Å². The molecule has 4 unspecified atom stereocenters. The monoisotopic (exact) mass is 514 g/mol. The molecule has 2 aromatic heterocycles. The highest BCUT2D eigenvalue weighted by atomic mass is 16.2. The molecular weight excluding hydrogens is 476 g/mol. The number of nitrogens with one attached hydrogen (secondary N) is 3. The Morgan fingerprint density at radius 3 is 2.74 bits per heavy atom. The van der Waals surface area contributed by atoms with E-state index in [9.17, 15) is 4.79 Å². The van der Waals surface area contributed by atoms with E-state index < -0.39 is 0 Å². The summed E-state index contributed by atoms with van der Waals surface area (Å²) < 4.78 is 0. The normalized spacial score (nSPS) is 27.0. The fraction of sp³-hybridized carbons (Fsp3) is 0.483. The maximum Gasteiger partial charge on any atom is 0.234 e. The van der Waals surface area contributed by atoms with E-state index in [1.54, 1.807) is 12.4 Å². The predicted octanol–water partition coefficient (Wildman–Crippen LogP) is 3.13. The van der Waals surface area contributed by atoms with Gasteiger partial charge in [-0.1, -0.05) is 24.6 Å². The molecule has 1 aliphatic carbocycles. The number of aromatic nitrogens is 3. The highest BCUT2D eigenvalue weighted by Gasteiger charge is 2.26. The van der Waals surface area contributed by atoms with Crippen molar-refractivity contribution in [2.75, 3.05) is 51.1 Å². The summed E-state index contributed by atoms with van der Waals surface area (Å²) in [5.74, 6) is 1.77. The van der Waals surface area contributed by atoms with E-state index in [1.807, 2.05) is 18.2 Å². The topological polar surface area (TPSA) is 110 Å². The number of amides is 1. The highest BCUT2D eigenvalue weighted by Crippen LogP contribution is 2.27. The third-order valence-electron chi connectivity index (χ3n) is 7.44. The first-order valence-corrected chi connectivity index (χ1v) is 13.7. The first-order valence-electron chi connectivity index (χ1n) is 13.7. The summed E-state index contributed by atoms with van der Waals surface area (Å²) in [7, 11) is 0. The van der Waals surface area contributed by atoms with E-state index in [0.29, 0.717) is 43.0 Å². The van der Waals surface area contributed by atoms with Gasteiger partial charge in [0.05, 0.1) is 18.0 Å². The number of carbonyl (C=O) groups is 1. The van der Waals surface area contributed by atoms with Crippen molar-refractivity contribution in [1.82, 2.24) is 30.1 Å². The average Bonchev–Trinajstić information content (AvgIpc) is 2.90. The van der Waals surface area contributed by atoms with Gasteiger partial charge in [-0.15, -0.1) is 0 Å². The number of hydrogen-bond donors (Lipinski definition) is 3. The van der Waals surface area contributed by atoms with E-state index in [0.717, 1.165) is 62.6 Å². The van der Waals surface area contributed by atoms with Crippen LogP contribution in [0.5, 0.6) is 0 Å². The molecule has 1 saturated heterocycles. The molecular formula is C29H38N8O. The minimum atomic E-state index is 0.0882. The second kappa shape index (κ2) is 12.0. The molecule has 1 amide bonds. The molecule has 0 aromatic carbocycles. The van der Waals surface area contributed by atoms with Crippen LogP contribution in [0.4, 0.5) is 5.82 Å². The van der Waals surface area contributed by atoms with Crippen LogP contribution in [0.3, 0.4) is 0 Å². The SMILES string of the molecule is CC1C=C2C=C(CC(=N)c3nccc(n3)-c3ccc(nc3)NCCCNC(=O)CN3CCN(C2)CC3C)C1. The standard InChI is InChI=1S/C29H38N8O/c1-20-12-22-14-23(13-20)18-36-10-11-37(21(2)17-36)19-28(38)32-8-3-7-31-27-5-4-24(16-34-27)26-6-9-33-29(35-26)25(30)15-22/h4-6,9,13-14,16,20-21,30H,3,7-8,10-12,15,17-19H2,1-2H3,(H,31,34)(H,32,38). The number of hydrogen-bond acceptors (Lipinski definition) is 8. The second-order valence-electron chi connectivity index (χ2n) is 10.8. The Hall–Kier alpha value is -3.43. The molecule has 9 nitrogen and oxygen atoms in total. The lowest BCUT2D eigenvalue weighted by molar-refractivity contribution is -0.123. The molecule has 7 heterocycles. The summed E-state index contributed by atoms with van der Waals surface area (Å²) in [6, 6.07) is 6.09. The van der Waals surface area contributed by atoms with Gasteiger partial charge in [-0.2, -0.15) is 0 Å². The van der Waals surface area contributed by atoms with Gasteiger partial charge in [0, 0.05) is 69.7 Å². The predicted molar refractivity (Wildman–Crippen MR) is 150 cm³/mol. The first kappa shape index (κ1) is 26.2. The van der Waals surface area contributed by atoms with E-state index in [4.69, 9.17) is 10.4 Å². The maximum atomic E-state index is 12.6. The van der Waals surface area contributed by atoms with Crippen molar-refractivity contribution in [3.8, 4) is 11.3 Å². The molecule has 200 valence electrons. The zero-order valence-electron chi connectivity index (χ0n) is 22.4. The summed E-state index contributed by atoms with van der Waals surface area (Å²) in [5.41, 5.74) is 4.65. The average molecular weight is 515 g/mol. The van der Waals surface area contributed by atoms with Crippen molar-refractivity contribution in [3.63, 3.8) is 0 Å². The van der Waals surface area contributed by atoms with Crippen LogP contribution in [0.1, 0.15) is 38.9 Å². The minimum Gasteiger partial charge on any atom is -0.370 e. The number of piperazine rings is 1. The van der Waals surface area contributed by atoms with Crippen molar-refractivity contribution in [3.05, 3.63) is 59.7 Å². The Labute approximate surface area is 225 Å². The lowest BCUT2D eigenvalue weighted by Gasteiger charge is -2.40. The summed E-state index contributed by atoms with van der Waals surface area (Å²) in [6.45, 7) is 9.92. The molecule has 0 radical (unpaired) electrons. The second-order valence-corrected chi connectivity index (χ2v) is 10.8. The van der Waals surface area contributed by atoms with Gasteiger partial charge in [-0.3, -0.25) is 14.6 Å². The molecule has 9 heteroatoms. The molecule has 6 aliphatic rings. The zero-order valence-corrected chi connectivity index (χ0v) is 22.4. The van der Waals surface area contributed by atoms with Crippen molar-refractivity contribution in [1.29, 1.82) is 5.41 Å². The molecule has 8 rings (SSSR count). The summed E-state index contributed by atoms with van der Waals surface area (Å²) in [6.07, 6.45) is 10.5. The number of allylic oxidation sites excluding steroid dienone is 2. The lowest BCUT2D eigenvalue weighted by atomic mass is 9.88. The van der Waals surface area contributed by atoms with Gasteiger partial charge in [0.25, 0.3) is 0 Å². The Bertz CT molecular complexity index is 1220. The Balaban J connectivity index is 1.36. The van der Waals surface area contributed by atoms with Gasteiger partial charge in [-0.05, 0) is 49.5 Å². The molecule has 3 N–H and O–H groups in total. The number of rotatable bonds is 0. The van der Waals surface area contributed by atoms with Crippen molar-refractivity contribution < 1.29 is 4.79 Å². The van der Waals surface area contributed by atoms with Crippen molar-refractivity contribution in [2.45, 2.75) is 39.2 Å². The molecule has 4 atom stereocenters. The Morgan fingerprint density at radius 1 is 1.05 bits per heavy atom. The van der Waals surface area contributed by atoms with E-state index in [1.165, 1.54) is 11.1 Å². The lowest BCUT2D eigenvalue weighted by Crippen LogP contribution is -2.54. The molecule has 5 aliphatic heterocycles. The summed E-state index contributed by atoms with van der Waals surface area (Å²) >= 11 is 0. The van der Waals surface area contributed by atoms with Crippen molar-refractivity contribution >= 4 is 17.4 Å². The quantitative estimate of drug-likeness (QED) is 0.495. The van der Waals surface area contributed by atoms with Crippen molar-refractivity contribution in [2.24, 2.45) is 5.92 Å². The molecule has 0 spiro atoms. The van der Waals surface area contributed by atoms with Crippen LogP contribution in [0.15, 0.2) is 53.9 Å². The smallest absolute Gasteiger partial charge is 0.234 e. The number of nitrogens with zero attached hydrogens (tertiary/aromatic N) is 5. The molecule has 2 aromatic rings.